The molecule has 24 heavy (non-hydrogen) atoms. The maximum Gasteiger partial charge on any atom is 0.318 e. The van der Waals surface area contributed by atoms with Crippen LogP contribution >= 0.6 is 23.1 Å². The normalized spacial score (nSPS) is 12.0. The smallest absolute Gasteiger partial charge is 0.318 e. The molecule has 0 saturated carbocycles. The van der Waals surface area contributed by atoms with E-state index in [2.05, 4.69) is 21.0 Å². The van der Waals surface area contributed by atoms with Gasteiger partial charge >= 0.3 is 5.91 Å². The first-order chi connectivity index (χ1) is 11.7. The van der Waals surface area contributed by atoms with Crippen molar-refractivity contribution in [3.8, 4) is 5.75 Å². The summed E-state index contributed by atoms with van der Waals surface area (Å²) in [5, 5.41) is 3.55. The molecular formula is C16H17N3O3S2. The largest absolute Gasteiger partial charge is 0.494 e. The summed E-state index contributed by atoms with van der Waals surface area (Å²) >= 11 is 3.21. The van der Waals surface area contributed by atoms with Gasteiger partial charge in [-0.15, -0.1) is 0 Å². The van der Waals surface area contributed by atoms with Gasteiger partial charge in [0.15, 0.2) is 4.80 Å². The maximum absolute atomic E-state index is 12.2. The quantitative estimate of drug-likeness (QED) is 0.673. The van der Waals surface area contributed by atoms with Gasteiger partial charge in [-0.25, -0.2) is 0 Å². The molecule has 0 aliphatic carbocycles. The number of thioether (sulfide) groups is 1. The highest BCUT2D eigenvalue weighted by atomic mass is 32.2. The highest BCUT2D eigenvalue weighted by Crippen LogP contribution is 2.23. The number of thiazole rings is 1. The van der Waals surface area contributed by atoms with Crippen LogP contribution < -0.4 is 9.54 Å². The molecule has 0 atom stereocenters. The van der Waals surface area contributed by atoms with Crippen LogP contribution in [0.2, 0.25) is 0 Å². The van der Waals surface area contributed by atoms with Gasteiger partial charge in [0, 0.05) is 18.4 Å². The number of rotatable bonds is 6. The summed E-state index contributed by atoms with van der Waals surface area (Å²) in [5.41, 5.74) is 1.04. The molecule has 0 spiro atoms. The Kier molecular flexibility index (Phi) is 5.37. The Morgan fingerprint density at radius 3 is 3.04 bits per heavy atom. The Morgan fingerprint density at radius 2 is 2.33 bits per heavy atom. The Labute approximate surface area is 147 Å². The molecular weight excluding hydrogens is 346 g/mol. The van der Waals surface area contributed by atoms with Crippen LogP contribution in [0.5, 0.6) is 5.75 Å². The predicted octanol–water partition coefficient (Wildman–Crippen LogP) is 3.19. The summed E-state index contributed by atoms with van der Waals surface area (Å²) in [4.78, 5) is 17.1. The van der Waals surface area contributed by atoms with Crippen molar-refractivity contribution >= 4 is 39.2 Å². The molecule has 126 valence electrons. The molecule has 1 amide bonds. The number of hydrogen-bond acceptors (Lipinski definition) is 6. The molecule has 0 fully saturated rings. The van der Waals surface area contributed by atoms with E-state index in [4.69, 9.17) is 9.26 Å². The van der Waals surface area contributed by atoms with Crippen molar-refractivity contribution in [1.82, 2.24) is 9.72 Å². The fourth-order valence-electron chi connectivity index (χ4n) is 2.26. The lowest BCUT2D eigenvalue weighted by Gasteiger charge is -2.05. The first-order valence-corrected chi connectivity index (χ1v) is 9.69. The van der Waals surface area contributed by atoms with E-state index in [-0.39, 0.29) is 5.76 Å². The number of amides is 1. The number of aromatic nitrogens is 2. The molecule has 0 aliphatic rings. The lowest BCUT2D eigenvalue weighted by molar-refractivity contribution is 0.0962. The number of nitrogens with zero attached hydrogens (tertiary/aromatic N) is 3. The monoisotopic (exact) mass is 363 g/mol. The molecule has 2 aromatic heterocycles. The summed E-state index contributed by atoms with van der Waals surface area (Å²) in [5.74, 6) is 1.46. The van der Waals surface area contributed by atoms with Gasteiger partial charge in [-0.2, -0.15) is 16.8 Å². The van der Waals surface area contributed by atoms with Crippen LogP contribution in [-0.2, 0) is 6.54 Å². The van der Waals surface area contributed by atoms with Crippen LogP contribution in [0.3, 0.4) is 0 Å². The van der Waals surface area contributed by atoms with Gasteiger partial charge < -0.3 is 13.8 Å². The summed E-state index contributed by atoms with van der Waals surface area (Å²) in [7, 11) is 0. The minimum Gasteiger partial charge on any atom is -0.494 e. The Balaban J connectivity index is 2.08. The van der Waals surface area contributed by atoms with Crippen LogP contribution in [0.4, 0.5) is 0 Å². The third-order valence-electron chi connectivity index (χ3n) is 3.33. The molecule has 6 nitrogen and oxygen atoms in total. The van der Waals surface area contributed by atoms with Gasteiger partial charge in [0.25, 0.3) is 0 Å². The van der Waals surface area contributed by atoms with Crippen LogP contribution in [0.25, 0.3) is 10.2 Å². The van der Waals surface area contributed by atoms with Crippen molar-refractivity contribution in [2.75, 3.05) is 18.6 Å². The van der Waals surface area contributed by atoms with Gasteiger partial charge in [0.05, 0.1) is 23.0 Å². The van der Waals surface area contributed by atoms with E-state index < -0.39 is 5.91 Å². The zero-order chi connectivity index (χ0) is 16.9. The number of carbonyl (C=O) groups excluding carboxylic acids is 1. The summed E-state index contributed by atoms with van der Waals surface area (Å²) in [6, 6.07) is 7.45. The first kappa shape index (κ1) is 16.8. The minimum absolute atomic E-state index is 0.138. The van der Waals surface area contributed by atoms with E-state index in [1.807, 2.05) is 25.1 Å². The van der Waals surface area contributed by atoms with Gasteiger partial charge in [-0.05, 0) is 31.4 Å². The third-order valence-corrected chi connectivity index (χ3v) is 4.96. The van der Waals surface area contributed by atoms with Crippen molar-refractivity contribution in [2.24, 2.45) is 4.99 Å². The molecule has 0 bridgehead atoms. The van der Waals surface area contributed by atoms with E-state index in [1.54, 1.807) is 11.8 Å². The molecule has 3 aromatic rings. The van der Waals surface area contributed by atoms with Crippen LogP contribution in [0.1, 0.15) is 17.5 Å². The van der Waals surface area contributed by atoms with E-state index in [1.165, 1.54) is 23.6 Å². The predicted molar refractivity (Wildman–Crippen MR) is 95.8 cm³/mol. The second kappa shape index (κ2) is 7.67. The molecule has 0 unspecified atom stereocenters. The van der Waals surface area contributed by atoms with Gasteiger partial charge in [-0.1, -0.05) is 16.5 Å². The minimum atomic E-state index is -0.429. The summed E-state index contributed by atoms with van der Waals surface area (Å²) < 4.78 is 13.5. The van der Waals surface area contributed by atoms with Crippen LogP contribution in [0.15, 0.2) is 40.0 Å². The van der Waals surface area contributed by atoms with Crippen LogP contribution in [-0.4, -0.2) is 34.2 Å². The van der Waals surface area contributed by atoms with E-state index in [9.17, 15) is 4.79 Å². The lowest BCUT2D eigenvalue weighted by atomic mass is 10.3. The molecule has 0 saturated heterocycles. The van der Waals surface area contributed by atoms with Gasteiger partial charge in [0.1, 0.15) is 5.75 Å². The molecule has 2 heterocycles. The van der Waals surface area contributed by atoms with E-state index in [0.717, 1.165) is 28.3 Å². The van der Waals surface area contributed by atoms with Crippen molar-refractivity contribution in [1.29, 1.82) is 0 Å². The van der Waals surface area contributed by atoms with Crippen molar-refractivity contribution in [2.45, 2.75) is 13.5 Å². The first-order valence-electron chi connectivity index (χ1n) is 7.47. The van der Waals surface area contributed by atoms with Crippen LogP contribution in [0, 0.1) is 0 Å². The summed E-state index contributed by atoms with van der Waals surface area (Å²) in [6.45, 7) is 3.34. The highest BCUT2D eigenvalue weighted by Gasteiger charge is 2.12. The van der Waals surface area contributed by atoms with E-state index >= 15 is 0 Å². The van der Waals surface area contributed by atoms with Gasteiger partial charge in [-0.3, -0.25) is 4.79 Å². The highest BCUT2D eigenvalue weighted by molar-refractivity contribution is 7.98. The second-order valence-electron chi connectivity index (χ2n) is 4.89. The second-order valence-corrected chi connectivity index (χ2v) is 6.88. The van der Waals surface area contributed by atoms with Gasteiger partial charge in [0.2, 0.25) is 5.76 Å². The average molecular weight is 363 g/mol. The number of carbonyl (C=O) groups is 1. The molecule has 8 heteroatoms. The third kappa shape index (κ3) is 3.54. The number of benzene rings is 1. The topological polar surface area (TPSA) is 69.6 Å². The number of hydrogen-bond donors (Lipinski definition) is 0. The van der Waals surface area contributed by atoms with E-state index in [0.29, 0.717) is 11.4 Å². The fourth-order valence-corrected chi connectivity index (χ4v) is 3.71. The maximum atomic E-state index is 12.2. The van der Waals surface area contributed by atoms with Crippen molar-refractivity contribution in [3.05, 3.63) is 41.0 Å². The molecule has 0 radical (unpaired) electrons. The molecule has 0 aliphatic heterocycles. The molecule has 1 aromatic carbocycles. The fraction of sp³-hybridized carbons (Fsp3) is 0.312. The molecule has 0 N–H and O–H groups in total. The summed E-state index contributed by atoms with van der Waals surface area (Å²) in [6.07, 6.45) is 3.49. The van der Waals surface area contributed by atoms with Crippen molar-refractivity contribution in [3.63, 3.8) is 0 Å². The molecule has 3 rings (SSSR count). The number of aryl methyl sites for hydroxylation is 1. The average Bonchev–Trinajstić information content (AvgIpc) is 3.21. The Morgan fingerprint density at radius 1 is 1.46 bits per heavy atom. The lowest BCUT2D eigenvalue weighted by Crippen LogP contribution is -2.18. The SMILES string of the molecule is CCOc1ccc2c(c1)sc(=NC(=O)c1ccno1)n2CCSC. The number of ether oxygens (including phenoxy) is 1. The van der Waals surface area contributed by atoms with Crippen molar-refractivity contribution < 1.29 is 14.1 Å². The standard InChI is InChI=1S/C16H17N3O3S2/c1-3-21-11-4-5-12-14(10-11)24-16(19(12)8-9-23-2)18-15(20)13-6-7-17-22-13/h4-7,10H,3,8-9H2,1-2H3. The number of fused-ring (bicyclic) bond motifs is 1. The zero-order valence-electron chi connectivity index (χ0n) is 13.4. The Hall–Kier alpha value is -2.06. The Bertz CT molecular complexity index is 897. The zero-order valence-corrected chi connectivity index (χ0v) is 15.0.